The Hall–Kier alpha value is -5.02. The molecule has 0 aliphatic rings. The Balaban J connectivity index is 1.40. The Morgan fingerprint density at radius 2 is 1.65 bits per heavy atom. The number of anilines is 1. The standard InChI is InChI=1S/C31H28FN5O3/c32-23-11-12-27(36-29(38)21-10-9-19-5-1-2-6-20(19)15-21)25(17-23)30(39)37-28(31(40)34-14-13-33)16-22-18-35-26-8-4-3-7-24(22)26/h1-12,15,17-18,28,35H,13-14,16,33H2,(H,34,40)(H,36,38)(H,37,39). The second-order valence-electron chi connectivity index (χ2n) is 9.38. The molecule has 0 bridgehead atoms. The molecule has 0 saturated heterocycles. The third kappa shape index (κ3) is 5.84. The number of nitrogens with two attached hydrogens (primary N) is 1. The first kappa shape index (κ1) is 26.6. The van der Waals surface area contributed by atoms with Gasteiger partial charge in [-0.2, -0.15) is 0 Å². The van der Waals surface area contributed by atoms with Crippen molar-refractivity contribution in [1.82, 2.24) is 15.6 Å². The average Bonchev–Trinajstić information content (AvgIpc) is 3.38. The fourth-order valence-corrected chi connectivity index (χ4v) is 4.62. The number of aromatic amines is 1. The van der Waals surface area contributed by atoms with Gasteiger partial charge in [0.1, 0.15) is 11.9 Å². The van der Waals surface area contributed by atoms with Gasteiger partial charge in [0.15, 0.2) is 0 Å². The van der Waals surface area contributed by atoms with Crippen molar-refractivity contribution in [2.75, 3.05) is 18.4 Å². The molecule has 1 unspecified atom stereocenters. The molecule has 5 rings (SSSR count). The summed E-state index contributed by atoms with van der Waals surface area (Å²) >= 11 is 0. The lowest BCUT2D eigenvalue weighted by molar-refractivity contribution is -0.122. The minimum absolute atomic E-state index is 0.107. The Labute approximate surface area is 229 Å². The highest BCUT2D eigenvalue weighted by atomic mass is 19.1. The van der Waals surface area contributed by atoms with Gasteiger partial charge in [-0.25, -0.2) is 4.39 Å². The number of amides is 3. The molecule has 6 N–H and O–H groups in total. The van der Waals surface area contributed by atoms with Gasteiger partial charge in [-0.3, -0.25) is 14.4 Å². The van der Waals surface area contributed by atoms with Crippen molar-refractivity contribution < 1.29 is 18.8 Å². The maximum atomic E-state index is 14.3. The molecule has 5 aromatic rings. The van der Waals surface area contributed by atoms with E-state index in [2.05, 4.69) is 20.9 Å². The van der Waals surface area contributed by atoms with Crippen LogP contribution in [-0.2, 0) is 11.2 Å². The highest BCUT2D eigenvalue weighted by Crippen LogP contribution is 2.22. The van der Waals surface area contributed by atoms with Crippen LogP contribution in [0.25, 0.3) is 21.7 Å². The number of nitrogens with one attached hydrogen (secondary N) is 4. The van der Waals surface area contributed by atoms with E-state index in [-0.39, 0.29) is 30.8 Å². The van der Waals surface area contributed by atoms with Crippen LogP contribution in [0.4, 0.5) is 10.1 Å². The number of carbonyl (C=O) groups excluding carboxylic acids is 3. The van der Waals surface area contributed by atoms with Crippen LogP contribution in [-0.4, -0.2) is 41.8 Å². The molecule has 3 amide bonds. The van der Waals surface area contributed by atoms with Gasteiger partial charge in [0, 0.05) is 42.2 Å². The number of halogens is 1. The second kappa shape index (κ2) is 11.8. The number of H-pyrrole nitrogens is 1. The summed E-state index contributed by atoms with van der Waals surface area (Å²) in [4.78, 5) is 42.7. The predicted molar refractivity (Wildman–Crippen MR) is 154 cm³/mol. The lowest BCUT2D eigenvalue weighted by atomic mass is 10.0. The Morgan fingerprint density at radius 1 is 0.875 bits per heavy atom. The van der Waals surface area contributed by atoms with Gasteiger partial charge in [-0.15, -0.1) is 0 Å². The molecule has 1 heterocycles. The van der Waals surface area contributed by atoms with Gasteiger partial charge in [-0.1, -0.05) is 48.5 Å². The van der Waals surface area contributed by atoms with Gasteiger partial charge in [0.25, 0.3) is 11.8 Å². The summed E-state index contributed by atoms with van der Waals surface area (Å²) in [5.41, 5.74) is 7.67. The zero-order valence-electron chi connectivity index (χ0n) is 21.5. The fraction of sp³-hybridized carbons (Fsp3) is 0.129. The van der Waals surface area contributed by atoms with Gasteiger partial charge < -0.3 is 26.7 Å². The number of hydrogen-bond acceptors (Lipinski definition) is 4. The van der Waals surface area contributed by atoms with Gasteiger partial charge in [0.2, 0.25) is 5.91 Å². The predicted octanol–water partition coefficient (Wildman–Crippen LogP) is 4.13. The first-order valence-corrected chi connectivity index (χ1v) is 12.9. The first-order valence-electron chi connectivity index (χ1n) is 12.9. The van der Waals surface area contributed by atoms with Crippen molar-refractivity contribution in [3.8, 4) is 0 Å². The molecule has 0 spiro atoms. The number of fused-ring (bicyclic) bond motifs is 2. The molecule has 1 atom stereocenters. The van der Waals surface area contributed by atoms with E-state index < -0.39 is 29.6 Å². The quantitative estimate of drug-likeness (QED) is 0.194. The molecule has 9 heteroatoms. The minimum Gasteiger partial charge on any atom is -0.361 e. The molecule has 0 aliphatic heterocycles. The maximum absolute atomic E-state index is 14.3. The molecule has 4 aromatic carbocycles. The monoisotopic (exact) mass is 537 g/mol. The smallest absolute Gasteiger partial charge is 0.255 e. The molecule has 40 heavy (non-hydrogen) atoms. The van der Waals surface area contributed by atoms with Crippen LogP contribution < -0.4 is 21.7 Å². The van der Waals surface area contributed by atoms with Crippen molar-refractivity contribution in [3.63, 3.8) is 0 Å². The third-order valence-corrected chi connectivity index (χ3v) is 6.65. The first-order chi connectivity index (χ1) is 19.4. The number of benzene rings is 4. The normalized spacial score (nSPS) is 11.8. The lowest BCUT2D eigenvalue weighted by Crippen LogP contribution is -2.49. The summed E-state index contributed by atoms with van der Waals surface area (Å²) in [6.45, 7) is 0.459. The molecule has 0 fully saturated rings. The van der Waals surface area contributed by atoms with Crippen LogP contribution >= 0.6 is 0 Å². The maximum Gasteiger partial charge on any atom is 0.255 e. The van der Waals surface area contributed by atoms with Gasteiger partial charge in [0.05, 0.1) is 11.3 Å². The van der Waals surface area contributed by atoms with Crippen molar-refractivity contribution in [2.45, 2.75) is 12.5 Å². The largest absolute Gasteiger partial charge is 0.361 e. The van der Waals surface area contributed by atoms with E-state index in [0.717, 1.165) is 39.4 Å². The van der Waals surface area contributed by atoms with Crippen molar-refractivity contribution >= 4 is 45.1 Å². The number of rotatable bonds is 9. The van der Waals surface area contributed by atoms with E-state index in [1.807, 2.05) is 54.6 Å². The highest BCUT2D eigenvalue weighted by Gasteiger charge is 2.25. The summed E-state index contributed by atoms with van der Waals surface area (Å²) < 4.78 is 14.3. The molecular weight excluding hydrogens is 509 g/mol. The molecule has 8 nitrogen and oxygen atoms in total. The highest BCUT2D eigenvalue weighted by molar-refractivity contribution is 6.10. The van der Waals surface area contributed by atoms with Crippen LogP contribution in [0.2, 0.25) is 0 Å². The zero-order valence-corrected chi connectivity index (χ0v) is 21.5. The SMILES string of the molecule is NCCNC(=O)C(Cc1c[nH]c2ccccc12)NC(=O)c1cc(F)ccc1NC(=O)c1ccc2ccccc2c1. The molecule has 0 radical (unpaired) electrons. The molecule has 1 aromatic heterocycles. The molecule has 0 aliphatic carbocycles. The van der Waals surface area contributed by atoms with Crippen molar-refractivity contribution in [1.29, 1.82) is 0 Å². The summed E-state index contributed by atoms with van der Waals surface area (Å²) in [5.74, 6) is -2.25. The van der Waals surface area contributed by atoms with Crippen molar-refractivity contribution in [3.05, 3.63) is 114 Å². The summed E-state index contributed by atoms with van der Waals surface area (Å²) in [5, 5.41) is 10.9. The van der Waals surface area contributed by atoms with Crippen LogP contribution in [0.5, 0.6) is 0 Å². The summed E-state index contributed by atoms with van der Waals surface area (Å²) in [6.07, 6.45) is 1.97. The van der Waals surface area contributed by atoms with E-state index in [4.69, 9.17) is 5.73 Å². The van der Waals surface area contributed by atoms with E-state index in [9.17, 15) is 18.8 Å². The van der Waals surface area contributed by atoms with Gasteiger partial charge >= 0.3 is 0 Å². The van der Waals surface area contributed by atoms with Crippen LogP contribution in [0.1, 0.15) is 26.3 Å². The minimum atomic E-state index is -0.981. The van der Waals surface area contributed by atoms with E-state index in [1.54, 1.807) is 18.3 Å². The Kier molecular flexibility index (Phi) is 7.84. The second-order valence-corrected chi connectivity index (χ2v) is 9.38. The number of carbonyl (C=O) groups is 3. The van der Waals surface area contributed by atoms with E-state index in [1.165, 1.54) is 6.07 Å². The summed E-state index contributed by atoms with van der Waals surface area (Å²) in [6, 6.07) is 23.0. The Morgan fingerprint density at radius 3 is 2.48 bits per heavy atom. The molecule has 0 saturated carbocycles. The van der Waals surface area contributed by atoms with Crippen molar-refractivity contribution in [2.24, 2.45) is 5.73 Å². The zero-order chi connectivity index (χ0) is 28.1. The van der Waals surface area contributed by atoms with Crippen LogP contribution in [0.3, 0.4) is 0 Å². The van der Waals surface area contributed by atoms with Crippen LogP contribution in [0, 0.1) is 5.82 Å². The number of hydrogen-bond donors (Lipinski definition) is 5. The fourth-order valence-electron chi connectivity index (χ4n) is 4.62. The van der Waals surface area contributed by atoms with E-state index >= 15 is 0 Å². The number of para-hydroxylation sites is 1. The molecular formula is C31H28FN5O3. The van der Waals surface area contributed by atoms with E-state index in [0.29, 0.717) is 5.56 Å². The lowest BCUT2D eigenvalue weighted by Gasteiger charge is -2.19. The van der Waals surface area contributed by atoms with Crippen LogP contribution in [0.15, 0.2) is 91.1 Å². The third-order valence-electron chi connectivity index (χ3n) is 6.65. The summed E-state index contributed by atoms with van der Waals surface area (Å²) in [7, 11) is 0. The number of aromatic nitrogens is 1. The average molecular weight is 538 g/mol. The molecule has 202 valence electrons. The topological polar surface area (TPSA) is 129 Å². The Bertz CT molecular complexity index is 1710. The van der Waals surface area contributed by atoms with Gasteiger partial charge in [-0.05, 0) is 52.7 Å².